The average molecular weight is 570 g/mol. The van der Waals surface area contributed by atoms with Gasteiger partial charge in [-0.2, -0.15) is 4.31 Å². The van der Waals surface area contributed by atoms with E-state index < -0.39 is 28.1 Å². The number of fused-ring (bicyclic) bond motifs is 1. The van der Waals surface area contributed by atoms with Crippen molar-refractivity contribution in [2.75, 3.05) is 44.3 Å². The van der Waals surface area contributed by atoms with Crippen LogP contribution in [-0.4, -0.2) is 97.7 Å². The van der Waals surface area contributed by atoms with E-state index in [1.54, 1.807) is 30.3 Å². The number of anilines is 1. The Morgan fingerprint density at radius 3 is 2.52 bits per heavy atom. The smallest absolute Gasteiger partial charge is 0.251 e. The van der Waals surface area contributed by atoms with E-state index in [0.717, 1.165) is 18.8 Å². The third-order valence-corrected chi connectivity index (χ3v) is 9.54. The molecule has 2 amide bonds. The Hall–Kier alpha value is -3.35. The van der Waals surface area contributed by atoms with Gasteiger partial charge in [-0.05, 0) is 49.2 Å². The predicted molar refractivity (Wildman–Crippen MR) is 148 cm³/mol. The summed E-state index contributed by atoms with van der Waals surface area (Å²) in [5.74, 6) is -1.34. The Kier molecular flexibility index (Phi) is 8.48. The molecule has 0 spiro atoms. The van der Waals surface area contributed by atoms with Gasteiger partial charge >= 0.3 is 0 Å². The Labute approximate surface area is 234 Å². The molecule has 11 nitrogen and oxygen atoms in total. The number of hydrogen-bond donors (Lipinski definition) is 1. The number of pyridine rings is 1. The van der Waals surface area contributed by atoms with E-state index in [9.17, 15) is 22.8 Å². The Morgan fingerprint density at radius 1 is 1.10 bits per heavy atom. The Balaban J connectivity index is 1.26. The highest BCUT2D eigenvalue weighted by Gasteiger charge is 2.54. The molecule has 4 heterocycles. The molecular formula is C28H35N5O6S. The number of nitrogens with one attached hydrogen (secondary N) is 1. The number of hydrogen-bond acceptors (Lipinski definition) is 8. The van der Waals surface area contributed by atoms with E-state index in [1.165, 1.54) is 15.4 Å². The van der Waals surface area contributed by atoms with Crippen molar-refractivity contribution in [3.8, 4) is 0 Å². The van der Waals surface area contributed by atoms with Gasteiger partial charge in [-0.1, -0.05) is 19.4 Å². The highest BCUT2D eigenvalue weighted by Crippen LogP contribution is 2.33. The lowest BCUT2D eigenvalue weighted by Crippen LogP contribution is -2.52. The number of amides is 2. The van der Waals surface area contributed by atoms with Gasteiger partial charge in [0.1, 0.15) is 17.8 Å². The summed E-state index contributed by atoms with van der Waals surface area (Å²) in [7, 11) is -3.81. The maximum atomic E-state index is 13.7. The second-order valence-corrected chi connectivity index (χ2v) is 12.3. The first-order chi connectivity index (χ1) is 19.3. The zero-order valence-corrected chi connectivity index (χ0v) is 23.4. The van der Waals surface area contributed by atoms with Crippen molar-refractivity contribution in [2.45, 2.75) is 50.1 Å². The lowest BCUT2D eigenvalue weighted by Gasteiger charge is -2.29. The minimum Gasteiger partial charge on any atom is -0.378 e. The summed E-state index contributed by atoms with van der Waals surface area (Å²) in [6.45, 7) is 4.81. The van der Waals surface area contributed by atoms with Crippen molar-refractivity contribution in [3.05, 3.63) is 59.9 Å². The van der Waals surface area contributed by atoms with Crippen LogP contribution in [0.2, 0.25) is 0 Å². The molecule has 12 heteroatoms. The second kappa shape index (κ2) is 12.0. The summed E-state index contributed by atoms with van der Waals surface area (Å²) in [6.07, 6.45) is 2.94. The van der Waals surface area contributed by atoms with Gasteiger partial charge in [-0.3, -0.25) is 19.4 Å². The molecule has 0 aliphatic carbocycles. The van der Waals surface area contributed by atoms with Crippen LogP contribution < -0.4 is 10.2 Å². The zero-order valence-electron chi connectivity index (χ0n) is 22.6. The largest absolute Gasteiger partial charge is 0.378 e. The maximum absolute atomic E-state index is 13.7. The first-order valence-corrected chi connectivity index (χ1v) is 15.4. The van der Waals surface area contributed by atoms with Crippen molar-refractivity contribution >= 4 is 33.3 Å². The molecule has 3 atom stereocenters. The van der Waals surface area contributed by atoms with Crippen LogP contribution in [0.25, 0.3) is 0 Å². The number of carbonyl (C=O) groups excluding carboxylic acids is 3. The molecule has 5 rings (SSSR count). The van der Waals surface area contributed by atoms with E-state index in [0.29, 0.717) is 43.7 Å². The average Bonchev–Trinajstić information content (AvgIpc) is 3.55. The number of nitrogens with zero attached hydrogens (tertiary/aromatic N) is 4. The lowest BCUT2D eigenvalue weighted by molar-refractivity contribution is -0.138. The van der Waals surface area contributed by atoms with E-state index >= 15 is 0 Å². The van der Waals surface area contributed by atoms with Gasteiger partial charge in [0.15, 0.2) is 5.78 Å². The molecule has 3 fully saturated rings. The van der Waals surface area contributed by atoms with Gasteiger partial charge < -0.3 is 19.9 Å². The fourth-order valence-electron chi connectivity index (χ4n) is 5.77. The number of Topliss-reactive ketones (excluding diaryl/α,β-unsaturated/α-hetero) is 1. The highest BCUT2D eigenvalue weighted by molar-refractivity contribution is 7.88. The zero-order chi connectivity index (χ0) is 28.3. The van der Waals surface area contributed by atoms with Gasteiger partial charge in [-0.25, -0.2) is 8.42 Å². The van der Waals surface area contributed by atoms with Crippen LogP contribution in [-0.2, 0) is 30.1 Å². The molecule has 1 aromatic carbocycles. The molecule has 40 heavy (non-hydrogen) atoms. The normalized spacial score (nSPS) is 22.3. The molecule has 2 aromatic rings. The third kappa shape index (κ3) is 5.89. The van der Waals surface area contributed by atoms with Crippen molar-refractivity contribution in [1.82, 2.24) is 19.5 Å². The van der Waals surface area contributed by atoms with E-state index in [2.05, 4.69) is 15.2 Å². The standard InChI is InChI=1S/C28H35N5O6S/c1-2-5-23(30-27(35)20-7-9-22(10-8-20)31-14-16-39-17-15-31)28(36)32-13-11-24-26(32)25(34)18-33(24)40(37,38)19-21-6-3-4-12-29-21/h3-4,6-10,12,23-24,26H,2,5,11,13-19H2,1H3,(H,30,35). The van der Waals surface area contributed by atoms with Crippen LogP contribution in [0.1, 0.15) is 42.2 Å². The molecule has 3 aliphatic rings. The molecule has 3 saturated heterocycles. The molecule has 1 aromatic heterocycles. The maximum Gasteiger partial charge on any atom is 0.251 e. The third-order valence-electron chi connectivity index (χ3n) is 7.76. The molecule has 0 saturated carbocycles. The summed E-state index contributed by atoms with van der Waals surface area (Å²) in [6, 6.07) is 10.0. The molecule has 3 unspecified atom stereocenters. The van der Waals surface area contributed by atoms with Crippen LogP contribution >= 0.6 is 0 Å². The molecule has 3 aliphatic heterocycles. The summed E-state index contributed by atoms with van der Waals surface area (Å²) in [4.78, 5) is 47.6. The topological polar surface area (TPSA) is 129 Å². The Bertz CT molecular complexity index is 1330. The summed E-state index contributed by atoms with van der Waals surface area (Å²) >= 11 is 0. The predicted octanol–water partition coefficient (Wildman–Crippen LogP) is 1.20. The van der Waals surface area contributed by atoms with Gasteiger partial charge in [0.25, 0.3) is 5.91 Å². The number of morpholine rings is 1. The molecule has 214 valence electrons. The van der Waals surface area contributed by atoms with E-state index in [1.807, 2.05) is 19.1 Å². The van der Waals surface area contributed by atoms with Crippen molar-refractivity contribution < 1.29 is 27.5 Å². The molecule has 1 N–H and O–H groups in total. The van der Waals surface area contributed by atoms with Crippen molar-refractivity contribution in [2.24, 2.45) is 0 Å². The molecule has 0 bridgehead atoms. The lowest BCUT2D eigenvalue weighted by atomic mass is 10.1. The van der Waals surface area contributed by atoms with Crippen LogP contribution in [0.3, 0.4) is 0 Å². The monoisotopic (exact) mass is 569 g/mol. The first kappa shape index (κ1) is 28.2. The van der Waals surface area contributed by atoms with Crippen LogP contribution in [0, 0.1) is 0 Å². The number of benzene rings is 1. The van der Waals surface area contributed by atoms with Gasteiger partial charge in [0.05, 0.1) is 31.5 Å². The molecule has 0 radical (unpaired) electrons. The summed E-state index contributed by atoms with van der Waals surface area (Å²) in [5.41, 5.74) is 1.84. The number of rotatable bonds is 9. The number of likely N-dealkylation sites (tertiary alicyclic amines) is 1. The van der Waals surface area contributed by atoms with Gasteiger partial charge in [-0.15, -0.1) is 0 Å². The summed E-state index contributed by atoms with van der Waals surface area (Å²) in [5, 5.41) is 2.86. The van der Waals surface area contributed by atoms with Crippen LogP contribution in [0.5, 0.6) is 0 Å². The number of ketones is 1. The van der Waals surface area contributed by atoms with E-state index in [-0.39, 0.29) is 36.4 Å². The second-order valence-electron chi connectivity index (χ2n) is 10.4. The van der Waals surface area contributed by atoms with E-state index in [4.69, 9.17) is 4.74 Å². The van der Waals surface area contributed by atoms with Crippen LogP contribution in [0.4, 0.5) is 5.69 Å². The first-order valence-electron chi connectivity index (χ1n) is 13.7. The van der Waals surface area contributed by atoms with Crippen LogP contribution in [0.15, 0.2) is 48.7 Å². The van der Waals surface area contributed by atoms with Gasteiger partial charge in [0, 0.05) is 37.1 Å². The quantitative estimate of drug-likeness (QED) is 0.477. The van der Waals surface area contributed by atoms with Crippen molar-refractivity contribution in [3.63, 3.8) is 0 Å². The number of carbonyl (C=O) groups is 3. The highest BCUT2D eigenvalue weighted by atomic mass is 32.2. The van der Waals surface area contributed by atoms with Crippen molar-refractivity contribution in [1.29, 1.82) is 0 Å². The fourth-order valence-corrected chi connectivity index (χ4v) is 7.44. The Morgan fingerprint density at radius 2 is 1.85 bits per heavy atom. The number of aromatic nitrogens is 1. The fraction of sp³-hybridized carbons (Fsp3) is 0.500. The van der Waals surface area contributed by atoms with Gasteiger partial charge in [0.2, 0.25) is 15.9 Å². The minimum atomic E-state index is -3.81. The summed E-state index contributed by atoms with van der Waals surface area (Å²) < 4.78 is 33.0. The minimum absolute atomic E-state index is 0.250. The number of ether oxygens (including phenoxy) is 1. The SMILES string of the molecule is CCCC(NC(=O)c1ccc(N2CCOCC2)cc1)C(=O)N1CCC2C1C(=O)CN2S(=O)(=O)Cc1ccccn1. The number of sulfonamides is 1. The molecular weight excluding hydrogens is 534 g/mol.